The number of rotatable bonds is 6. The Balaban J connectivity index is 1.25. The maximum atomic E-state index is 13.3. The average molecular weight is 547 g/mol. The molecule has 2 amide bonds. The molecule has 2 atom stereocenters. The van der Waals surface area contributed by atoms with Crippen molar-refractivity contribution >= 4 is 31.9 Å². The Morgan fingerprint density at radius 3 is 1.30 bits per heavy atom. The molecular weight excluding hydrogens is 516 g/mol. The third-order valence-electron chi connectivity index (χ3n) is 7.35. The van der Waals surface area contributed by atoms with Crippen molar-refractivity contribution in [2.24, 2.45) is 0 Å². The lowest BCUT2D eigenvalue weighted by atomic mass is 9.99. The molecule has 0 saturated carbocycles. The quantitative estimate of drug-likeness (QED) is 0.555. The Bertz CT molecular complexity index is 1280. The topological polar surface area (TPSA) is 133 Å². The molecule has 3 heterocycles. The molecule has 3 fully saturated rings. The minimum atomic E-state index is -3.79. The third kappa shape index (κ3) is 5.28. The Morgan fingerprint density at radius 2 is 0.973 bits per heavy atom. The van der Waals surface area contributed by atoms with Crippen molar-refractivity contribution < 1.29 is 26.4 Å². The number of carbonyl (C=O) groups is 2. The predicted molar refractivity (Wildman–Crippen MR) is 136 cm³/mol. The number of sulfonamides is 2. The Morgan fingerprint density at radius 1 is 0.595 bits per heavy atom. The molecular formula is C25H30N4O6S2. The van der Waals surface area contributed by atoms with Crippen molar-refractivity contribution in [2.75, 3.05) is 39.3 Å². The van der Waals surface area contributed by atoms with E-state index in [1.807, 2.05) is 0 Å². The van der Waals surface area contributed by atoms with Crippen LogP contribution in [0.2, 0.25) is 0 Å². The molecule has 2 N–H and O–H groups in total. The molecule has 2 aromatic carbocycles. The van der Waals surface area contributed by atoms with Crippen LogP contribution in [0.5, 0.6) is 0 Å². The van der Waals surface area contributed by atoms with Gasteiger partial charge in [0, 0.05) is 63.9 Å². The number of hydrogen-bond donors (Lipinski definition) is 2. The number of hydrogen-bond acceptors (Lipinski definition) is 6. The van der Waals surface area contributed by atoms with Crippen LogP contribution in [0, 0.1) is 0 Å². The second-order valence-electron chi connectivity index (χ2n) is 9.71. The minimum absolute atomic E-state index is 0.00989. The molecule has 0 unspecified atom stereocenters. The largest absolute Gasteiger partial charge is 0.355 e. The van der Waals surface area contributed by atoms with E-state index in [-0.39, 0.29) is 59.6 Å². The van der Waals surface area contributed by atoms with Crippen LogP contribution in [0.15, 0.2) is 58.3 Å². The van der Waals surface area contributed by atoms with Gasteiger partial charge < -0.3 is 10.6 Å². The van der Waals surface area contributed by atoms with Crippen molar-refractivity contribution in [3.63, 3.8) is 0 Å². The number of nitrogens with zero attached hydrogens (tertiary/aromatic N) is 2. The van der Waals surface area contributed by atoms with E-state index >= 15 is 0 Å². The molecule has 0 bridgehead atoms. The summed E-state index contributed by atoms with van der Waals surface area (Å²) in [6.45, 7) is 1.64. The molecule has 3 aliphatic heterocycles. The third-order valence-corrected chi connectivity index (χ3v) is 11.2. The zero-order valence-corrected chi connectivity index (χ0v) is 21.9. The van der Waals surface area contributed by atoms with E-state index in [9.17, 15) is 26.4 Å². The first-order chi connectivity index (χ1) is 17.6. The summed E-state index contributed by atoms with van der Waals surface area (Å²) in [6, 6.07) is 13.2. The van der Waals surface area contributed by atoms with E-state index in [0.29, 0.717) is 32.4 Å². The molecule has 12 heteroatoms. The molecule has 2 aromatic rings. The van der Waals surface area contributed by atoms with Crippen molar-refractivity contribution in [1.82, 2.24) is 19.2 Å². The van der Waals surface area contributed by atoms with Gasteiger partial charge in [0.2, 0.25) is 31.9 Å². The van der Waals surface area contributed by atoms with Crippen LogP contribution in [0.4, 0.5) is 0 Å². The second kappa shape index (κ2) is 10.2. The predicted octanol–water partition coefficient (Wildman–Crippen LogP) is 0.979. The monoisotopic (exact) mass is 546 g/mol. The van der Waals surface area contributed by atoms with Crippen molar-refractivity contribution in [2.45, 2.75) is 40.9 Å². The van der Waals surface area contributed by atoms with Gasteiger partial charge in [-0.25, -0.2) is 16.8 Å². The lowest BCUT2D eigenvalue weighted by Crippen LogP contribution is -2.37. The van der Waals surface area contributed by atoms with Gasteiger partial charge in [0.25, 0.3) is 0 Å². The average Bonchev–Trinajstić information content (AvgIpc) is 3.43. The summed E-state index contributed by atoms with van der Waals surface area (Å²) in [7, 11) is -7.59. The number of amides is 2. The van der Waals surface area contributed by atoms with E-state index in [1.165, 1.54) is 8.61 Å². The van der Waals surface area contributed by atoms with Crippen LogP contribution >= 0.6 is 0 Å². The van der Waals surface area contributed by atoms with Crippen LogP contribution in [-0.4, -0.2) is 76.5 Å². The van der Waals surface area contributed by atoms with Crippen LogP contribution in [0.3, 0.4) is 0 Å². The van der Waals surface area contributed by atoms with E-state index in [4.69, 9.17) is 0 Å². The zero-order valence-electron chi connectivity index (χ0n) is 20.3. The molecule has 0 spiro atoms. The van der Waals surface area contributed by atoms with Crippen LogP contribution in [-0.2, 0) is 29.6 Å². The minimum Gasteiger partial charge on any atom is -0.355 e. The van der Waals surface area contributed by atoms with E-state index in [2.05, 4.69) is 10.6 Å². The lowest BCUT2D eigenvalue weighted by Gasteiger charge is -2.22. The van der Waals surface area contributed by atoms with Gasteiger partial charge in [-0.1, -0.05) is 24.3 Å². The normalized spacial score (nSPS) is 24.0. The second-order valence-corrected chi connectivity index (χ2v) is 13.6. The first kappa shape index (κ1) is 25.8. The van der Waals surface area contributed by atoms with Gasteiger partial charge in [-0.2, -0.15) is 8.61 Å². The fourth-order valence-corrected chi connectivity index (χ4v) is 8.09. The smallest absolute Gasteiger partial charge is 0.243 e. The number of carbonyl (C=O) groups excluding carboxylic acids is 2. The van der Waals surface area contributed by atoms with Gasteiger partial charge in [-0.05, 0) is 41.8 Å². The first-order valence-electron chi connectivity index (χ1n) is 12.4. The summed E-state index contributed by atoms with van der Waals surface area (Å²) < 4.78 is 55.9. The highest BCUT2D eigenvalue weighted by molar-refractivity contribution is 7.89. The first-order valence-corrected chi connectivity index (χ1v) is 15.3. The van der Waals surface area contributed by atoms with E-state index in [1.54, 1.807) is 48.5 Å². The summed E-state index contributed by atoms with van der Waals surface area (Å²) >= 11 is 0. The van der Waals surface area contributed by atoms with Crippen LogP contribution in [0.25, 0.3) is 0 Å². The van der Waals surface area contributed by atoms with Gasteiger partial charge in [0.05, 0.1) is 9.79 Å². The van der Waals surface area contributed by atoms with Crippen LogP contribution < -0.4 is 10.6 Å². The molecule has 198 valence electrons. The maximum Gasteiger partial charge on any atom is 0.243 e. The summed E-state index contributed by atoms with van der Waals surface area (Å²) in [4.78, 5) is 23.3. The fourth-order valence-electron chi connectivity index (χ4n) is 5.15. The zero-order chi connectivity index (χ0) is 26.2. The SMILES string of the molecule is O=C1C[C@H](c2ccc(S(=O)(=O)N3CCCN(S(=O)(=O)c4ccc([C@@H]5CNC(=O)C5)cc4)CC3)cc2)CN1. The molecule has 10 nitrogen and oxygen atoms in total. The van der Waals surface area contributed by atoms with Gasteiger partial charge in [-0.3, -0.25) is 9.59 Å². The lowest BCUT2D eigenvalue weighted by molar-refractivity contribution is -0.120. The Labute approximate surface area is 217 Å². The Hall–Kier alpha value is -2.80. The standard InChI is InChI=1S/C25H30N4O6S2/c30-24-14-20(16-26-24)18-2-6-22(7-3-18)36(32,33)28-10-1-11-29(13-12-28)37(34,35)23-8-4-19(5-9-23)21-15-25(31)27-17-21/h2-9,20-21H,1,10-17H2,(H,26,30)(H,27,31)/t20-,21-/m0/s1. The molecule has 3 saturated heterocycles. The molecule has 0 aliphatic carbocycles. The molecule has 5 rings (SSSR count). The highest BCUT2D eigenvalue weighted by atomic mass is 32.2. The van der Waals surface area contributed by atoms with Crippen molar-refractivity contribution in [3.05, 3.63) is 59.7 Å². The van der Waals surface area contributed by atoms with Gasteiger partial charge in [0.1, 0.15) is 0 Å². The highest BCUT2D eigenvalue weighted by Crippen LogP contribution is 2.28. The van der Waals surface area contributed by atoms with Crippen molar-refractivity contribution in [1.29, 1.82) is 0 Å². The highest BCUT2D eigenvalue weighted by Gasteiger charge is 2.32. The molecule has 3 aliphatic rings. The number of nitrogens with one attached hydrogen (secondary N) is 2. The summed E-state index contributed by atoms with van der Waals surface area (Å²) in [5.41, 5.74) is 1.82. The van der Waals surface area contributed by atoms with Crippen LogP contribution in [0.1, 0.15) is 42.2 Å². The summed E-state index contributed by atoms with van der Waals surface area (Å²) in [6.07, 6.45) is 1.16. The van der Waals surface area contributed by atoms with Crippen molar-refractivity contribution in [3.8, 4) is 0 Å². The molecule has 0 radical (unpaired) electrons. The van der Waals surface area contributed by atoms with Gasteiger partial charge >= 0.3 is 0 Å². The maximum absolute atomic E-state index is 13.3. The van der Waals surface area contributed by atoms with E-state index in [0.717, 1.165) is 11.1 Å². The van der Waals surface area contributed by atoms with E-state index < -0.39 is 20.0 Å². The number of benzene rings is 2. The Kier molecular flexibility index (Phi) is 7.10. The molecule has 0 aromatic heterocycles. The fraction of sp³-hybridized carbons (Fsp3) is 0.440. The molecule has 37 heavy (non-hydrogen) atoms. The van der Waals surface area contributed by atoms with Gasteiger partial charge in [0.15, 0.2) is 0 Å². The van der Waals surface area contributed by atoms with Gasteiger partial charge in [-0.15, -0.1) is 0 Å². The summed E-state index contributed by atoms with van der Waals surface area (Å²) in [5, 5.41) is 5.57. The summed E-state index contributed by atoms with van der Waals surface area (Å²) in [5.74, 6) is 0.0498.